The van der Waals surface area contributed by atoms with Gasteiger partial charge in [0.15, 0.2) is 0 Å². The zero-order valence-corrected chi connectivity index (χ0v) is 19.6. The van der Waals surface area contributed by atoms with E-state index in [1.807, 2.05) is 12.3 Å². The predicted octanol–water partition coefficient (Wildman–Crippen LogP) is 4.23. The highest BCUT2D eigenvalue weighted by Gasteiger charge is 2.56. The predicted molar refractivity (Wildman–Crippen MR) is 122 cm³/mol. The first-order valence-corrected chi connectivity index (χ1v) is 11.7. The van der Waals surface area contributed by atoms with Gasteiger partial charge in [-0.1, -0.05) is 12.1 Å². The first-order chi connectivity index (χ1) is 16.7. The summed E-state index contributed by atoms with van der Waals surface area (Å²) in [7, 11) is 1.79. The molecule has 186 valence electrons. The van der Waals surface area contributed by atoms with Crippen molar-refractivity contribution in [1.82, 2.24) is 24.3 Å². The van der Waals surface area contributed by atoms with Crippen LogP contribution in [0.3, 0.4) is 0 Å². The molecule has 1 aliphatic carbocycles. The number of carbonyl (C=O) groups is 1. The number of hydrogen-bond donors (Lipinski definition) is 1. The Morgan fingerprint density at radius 2 is 2.03 bits per heavy atom. The lowest BCUT2D eigenvalue weighted by Gasteiger charge is -2.28. The second-order valence-electron chi connectivity index (χ2n) is 9.55. The molecule has 2 aromatic heterocycles. The molecule has 1 aliphatic heterocycles. The van der Waals surface area contributed by atoms with Gasteiger partial charge in [-0.2, -0.15) is 0 Å². The molecule has 1 amide bonds. The van der Waals surface area contributed by atoms with Crippen LogP contribution < -0.4 is 4.74 Å². The number of piperidine rings is 1. The van der Waals surface area contributed by atoms with E-state index in [4.69, 9.17) is 0 Å². The van der Waals surface area contributed by atoms with Crippen LogP contribution >= 0.6 is 0 Å². The van der Waals surface area contributed by atoms with E-state index in [0.29, 0.717) is 41.6 Å². The molecule has 3 aromatic rings. The van der Waals surface area contributed by atoms with Crippen molar-refractivity contribution < 1.29 is 22.7 Å². The summed E-state index contributed by atoms with van der Waals surface area (Å²) in [6.07, 6.45) is 0.388. The highest BCUT2D eigenvalue weighted by molar-refractivity contribution is 5.92. The smallest absolute Gasteiger partial charge is 0.406 e. The highest BCUT2D eigenvalue weighted by atomic mass is 19.4. The minimum atomic E-state index is -4.77. The largest absolute Gasteiger partial charge is 0.573 e. The van der Waals surface area contributed by atoms with E-state index < -0.39 is 6.36 Å². The average molecular weight is 488 g/mol. The molecule has 3 unspecified atom stereocenters. The molecule has 1 aromatic carbocycles. The summed E-state index contributed by atoms with van der Waals surface area (Å²) in [5.41, 5.74) is 2.09. The summed E-state index contributed by atoms with van der Waals surface area (Å²) >= 11 is 0. The van der Waals surface area contributed by atoms with E-state index in [9.17, 15) is 18.0 Å². The van der Waals surface area contributed by atoms with Gasteiger partial charge in [0.05, 0.1) is 6.33 Å². The van der Waals surface area contributed by atoms with E-state index >= 15 is 0 Å². The Balaban J connectivity index is 1.28. The van der Waals surface area contributed by atoms with E-state index in [2.05, 4.69) is 32.6 Å². The molecular weight excluding hydrogens is 459 g/mol. The van der Waals surface area contributed by atoms with Crippen molar-refractivity contribution in [3.8, 4) is 5.75 Å². The quantitative estimate of drug-likeness (QED) is 0.517. The van der Waals surface area contributed by atoms with Gasteiger partial charge in [-0.25, -0.2) is 4.98 Å². The second-order valence-corrected chi connectivity index (χ2v) is 9.55. The van der Waals surface area contributed by atoms with Crippen LogP contribution in [0.25, 0.3) is 0 Å². The third kappa shape index (κ3) is 5.22. The van der Waals surface area contributed by atoms with E-state index in [0.717, 1.165) is 13.1 Å². The minimum Gasteiger partial charge on any atom is -0.406 e. The number of carbonyl (C=O) groups excluding carboxylic acids is 1. The van der Waals surface area contributed by atoms with Crippen LogP contribution in [0, 0.1) is 17.8 Å². The number of nitrogens with zero attached hydrogens (tertiary/aromatic N) is 4. The van der Waals surface area contributed by atoms with Crippen molar-refractivity contribution in [2.24, 2.45) is 24.8 Å². The number of ether oxygens (including phenoxy) is 1. The molecule has 35 heavy (non-hydrogen) atoms. The lowest BCUT2D eigenvalue weighted by Crippen LogP contribution is -2.35. The molecule has 2 fully saturated rings. The van der Waals surface area contributed by atoms with Crippen molar-refractivity contribution in [2.45, 2.75) is 25.9 Å². The van der Waals surface area contributed by atoms with Crippen LogP contribution in [0.15, 0.2) is 55.1 Å². The number of hydrogen-bond acceptors (Lipinski definition) is 4. The number of imidazole rings is 1. The minimum absolute atomic E-state index is 0.184. The Hall–Kier alpha value is -3.27. The molecule has 5 rings (SSSR count). The van der Waals surface area contributed by atoms with Crippen LogP contribution in [0.1, 0.15) is 34.7 Å². The third-order valence-corrected chi connectivity index (χ3v) is 7.17. The number of nitrogens with one attached hydrogen (secondary N) is 1. The van der Waals surface area contributed by atoms with Crippen molar-refractivity contribution >= 4 is 5.91 Å². The second kappa shape index (κ2) is 9.07. The number of amides is 1. The molecule has 2 aliphatic rings. The number of aromatic nitrogens is 3. The van der Waals surface area contributed by atoms with Gasteiger partial charge in [0.1, 0.15) is 11.4 Å². The Labute approximate surface area is 201 Å². The molecule has 10 heteroatoms. The molecule has 0 bridgehead atoms. The number of benzene rings is 1. The number of rotatable bonds is 8. The van der Waals surface area contributed by atoms with E-state index in [1.54, 1.807) is 35.1 Å². The van der Waals surface area contributed by atoms with Crippen molar-refractivity contribution in [2.75, 3.05) is 19.6 Å². The number of aromatic amines is 1. The lowest BCUT2D eigenvalue weighted by molar-refractivity contribution is -0.274. The molecule has 0 radical (unpaired) electrons. The Kier molecular flexibility index (Phi) is 6.08. The molecule has 7 nitrogen and oxygen atoms in total. The summed E-state index contributed by atoms with van der Waals surface area (Å²) in [4.78, 5) is 25.0. The van der Waals surface area contributed by atoms with Gasteiger partial charge in [-0.3, -0.25) is 9.69 Å². The first kappa shape index (κ1) is 23.5. The maximum atomic E-state index is 13.3. The van der Waals surface area contributed by atoms with E-state index in [-0.39, 0.29) is 18.2 Å². The number of aryl methyl sites for hydroxylation is 1. The normalized spacial score (nSPS) is 22.6. The number of halogens is 3. The lowest BCUT2D eigenvalue weighted by atomic mass is 10.1. The van der Waals surface area contributed by atoms with Crippen molar-refractivity contribution in [1.29, 1.82) is 0 Å². The van der Waals surface area contributed by atoms with Gasteiger partial charge in [0.2, 0.25) is 0 Å². The molecule has 0 spiro atoms. The fraction of sp³-hybridized carbons (Fsp3) is 0.440. The summed E-state index contributed by atoms with van der Waals surface area (Å²) < 4.78 is 43.8. The zero-order valence-electron chi connectivity index (χ0n) is 19.6. The maximum Gasteiger partial charge on any atom is 0.573 e. The van der Waals surface area contributed by atoms with Gasteiger partial charge in [-0.05, 0) is 54.5 Å². The highest BCUT2D eigenvalue weighted by Crippen LogP contribution is 2.53. The van der Waals surface area contributed by atoms with Gasteiger partial charge in [0.25, 0.3) is 5.91 Å². The van der Waals surface area contributed by atoms with Crippen molar-refractivity contribution in [3.63, 3.8) is 0 Å². The first-order valence-electron chi connectivity index (χ1n) is 11.7. The van der Waals surface area contributed by atoms with Crippen molar-refractivity contribution in [3.05, 3.63) is 72.1 Å². The molecular formula is C25H28F3N5O2. The van der Waals surface area contributed by atoms with E-state index in [1.165, 1.54) is 23.9 Å². The monoisotopic (exact) mass is 487 g/mol. The summed E-state index contributed by atoms with van der Waals surface area (Å²) in [6, 6.07) is 10.2. The topological polar surface area (TPSA) is 66.4 Å². The Bertz CT molecular complexity index is 1160. The van der Waals surface area contributed by atoms with Crippen LogP contribution in [-0.4, -0.2) is 56.2 Å². The van der Waals surface area contributed by atoms with Crippen LogP contribution in [-0.2, 0) is 13.6 Å². The number of alkyl halides is 3. The number of H-pyrrole nitrogens is 1. The summed E-state index contributed by atoms with van der Waals surface area (Å²) in [5, 5.41) is 0. The fourth-order valence-corrected chi connectivity index (χ4v) is 5.29. The van der Waals surface area contributed by atoms with Gasteiger partial charge in [0, 0.05) is 57.4 Å². The fourth-order valence-electron chi connectivity index (χ4n) is 5.29. The average Bonchev–Trinajstić information content (AvgIpc) is 3.33. The number of likely N-dealkylation sites (tertiary alicyclic amines) is 1. The molecule has 3 atom stereocenters. The summed E-state index contributed by atoms with van der Waals surface area (Å²) in [6.45, 7) is 4.85. The number of fused-ring (bicyclic) bond motifs is 1. The zero-order chi connectivity index (χ0) is 24.7. The molecule has 3 heterocycles. The van der Waals surface area contributed by atoms with Gasteiger partial charge < -0.3 is 19.2 Å². The van der Waals surface area contributed by atoms with Crippen LogP contribution in [0.2, 0.25) is 0 Å². The Morgan fingerprint density at radius 3 is 2.66 bits per heavy atom. The summed E-state index contributed by atoms with van der Waals surface area (Å²) in [5.74, 6) is 0.855. The van der Waals surface area contributed by atoms with Crippen LogP contribution in [0.4, 0.5) is 13.2 Å². The van der Waals surface area contributed by atoms with Crippen LogP contribution in [0.5, 0.6) is 5.75 Å². The Morgan fingerprint density at radius 1 is 1.26 bits per heavy atom. The molecule has 1 N–H and O–H groups in total. The molecule has 1 saturated carbocycles. The third-order valence-electron chi connectivity index (χ3n) is 7.17. The molecule has 1 saturated heterocycles. The van der Waals surface area contributed by atoms with Gasteiger partial charge >= 0.3 is 6.36 Å². The maximum absolute atomic E-state index is 13.3. The van der Waals surface area contributed by atoms with Gasteiger partial charge in [-0.15, -0.1) is 13.2 Å². The standard InChI is InChI=1S/C25H28F3N5O2/c1-16(22-7-4-8-29-22)32-11-19-20(12-32)21(19)13-33(24(34)23-14-31(2)15-30-23)10-17-5-3-6-18(9-17)35-25(26,27)28/h3-9,14-16,19-21,29H,10-13H2,1-2H3. The SMILES string of the molecule is CC(c1ccc[nH]1)N1CC2C(CN(Cc3cccc(OC(F)(F)F)c3)C(=O)c3cn(C)cn3)C2C1.